The Morgan fingerprint density at radius 2 is 2.41 bits per heavy atom. The molecule has 0 amide bonds. The van der Waals surface area contributed by atoms with Gasteiger partial charge >= 0.3 is 0 Å². The highest BCUT2D eigenvalue weighted by atomic mass is 35.5. The van der Waals surface area contributed by atoms with Crippen molar-refractivity contribution < 1.29 is 9.13 Å². The lowest BCUT2D eigenvalue weighted by molar-refractivity contribution is 0.178. The zero-order valence-corrected chi connectivity index (χ0v) is 10.6. The van der Waals surface area contributed by atoms with Gasteiger partial charge in [0.25, 0.3) is 0 Å². The van der Waals surface area contributed by atoms with Crippen LogP contribution in [-0.2, 0) is 11.3 Å². The van der Waals surface area contributed by atoms with E-state index in [1.54, 1.807) is 6.07 Å². The van der Waals surface area contributed by atoms with E-state index >= 15 is 0 Å². The Hall–Kier alpha value is -0.640. The molecule has 0 aromatic heterocycles. The second kappa shape index (κ2) is 5.80. The third-order valence-corrected chi connectivity index (χ3v) is 3.74. The van der Waals surface area contributed by atoms with Crippen molar-refractivity contribution in [2.75, 3.05) is 13.2 Å². The van der Waals surface area contributed by atoms with Gasteiger partial charge in [0.15, 0.2) is 0 Å². The molecule has 1 fully saturated rings. The highest BCUT2D eigenvalue weighted by Crippen LogP contribution is 2.21. The van der Waals surface area contributed by atoms with E-state index in [9.17, 15) is 4.39 Å². The van der Waals surface area contributed by atoms with Gasteiger partial charge in [0.2, 0.25) is 0 Å². The molecular formula is C13H17ClFNO. The van der Waals surface area contributed by atoms with E-state index in [0.29, 0.717) is 18.5 Å². The fraction of sp³-hybridized carbons (Fsp3) is 0.538. The van der Waals surface area contributed by atoms with E-state index in [2.05, 4.69) is 12.2 Å². The second-order valence-electron chi connectivity index (χ2n) is 4.51. The van der Waals surface area contributed by atoms with E-state index in [4.69, 9.17) is 16.3 Å². The monoisotopic (exact) mass is 257 g/mol. The maximum absolute atomic E-state index is 13.2. The summed E-state index contributed by atoms with van der Waals surface area (Å²) in [5, 5.41) is 3.60. The minimum Gasteiger partial charge on any atom is -0.381 e. The first-order valence-corrected chi connectivity index (χ1v) is 6.30. The molecule has 4 heteroatoms. The van der Waals surface area contributed by atoms with Gasteiger partial charge in [0.05, 0.1) is 11.6 Å². The molecule has 1 heterocycles. The Morgan fingerprint density at radius 3 is 3.12 bits per heavy atom. The highest BCUT2D eigenvalue weighted by molar-refractivity contribution is 6.31. The predicted molar refractivity (Wildman–Crippen MR) is 66.6 cm³/mol. The molecule has 1 aromatic rings. The summed E-state index contributed by atoms with van der Waals surface area (Å²) in [6, 6.07) is 5.26. The smallest absolute Gasteiger partial charge is 0.142 e. The number of hydrogen-bond acceptors (Lipinski definition) is 2. The SMILES string of the molecule is CC(NCc1cccc(F)c1Cl)C1CCOC1. The van der Waals surface area contributed by atoms with Crippen LogP contribution in [0.5, 0.6) is 0 Å². The number of benzene rings is 1. The van der Waals surface area contributed by atoms with Crippen LogP contribution in [0.3, 0.4) is 0 Å². The van der Waals surface area contributed by atoms with Gasteiger partial charge in [0, 0.05) is 19.2 Å². The molecule has 1 aliphatic rings. The molecule has 0 bridgehead atoms. The molecule has 1 N–H and O–H groups in total. The van der Waals surface area contributed by atoms with Crippen LogP contribution in [0, 0.1) is 11.7 Å². The minimum atomic E-state index is -0.359. The van der Waals surface area contributed by atoms with Crippen molar-refractivity contribution in [3.8, 4) is 0 Å². The summed E-state index contributed by atoms with van der Waals surface area (Å²) in [5.41, 5.74) is 0.803. The fourth-order valence-electron chi connectivity index (χ4n) is 2.07. The molecule has 17 heavy (non-hydrogen) atoms. The van der Waals surface area contributed by atoms with Gasteiger partial charge in [-0.3, -0.25) is 0 Å². The summed E-state index contributed by atoms with van der Waals surface area (Å²) in [6.45, 7) is 4.38. The van der Waals surface area contributed by atoms with E-state index in [-0.39, 0.29) is 10.8 Å². The van der Waals surface area contributed by atoms with E-state index < -0.39 is 0 Å². The lowest BCUT2D eigenvalue weighted by Gasteiger charge is -2.19. The first-order valence-electron chi connectivity index (χ1n) is 5.92. The van der Waals surface area contributed by atoms with Crippen LogP contribution in [0.4, 0.5) is 4.39 Å². The lowest BCUT2D eigenvalue weighted by atomic mass is 10.0. The molecule has 0 spiro atoms. The minimum absolute atomic E-state index is 0.217. The van der Waals surface area contributed by atoms with Crippen molar-refractivity contribution >= 4 is 11.6 Å². The summed E-state index contributed by atoms with van der Waals surface area (Å²) < 4.78 is 18.6. The van der Waals surface area contributed by atoms with Gasteiger partial charge in [-0.25, -0.2) is 4.39 Å². The first-order chi connectivity index (χ1) is 8.18. The summed E-state index contributed by atoms with van der Waals surface area (Å²) in [7, 11) is 0. The van der Waals surface area contributed by atoms with Gasteiger partial charge in [-0.05, 0) is 30.9 Å². The Labute approximate surface area is 106 Å². The van der Waals surface area contributed by atoms with Gasteiger partial charge in [-0.1, -0.05) is 23.7 Å². The maximum atomic E-state index is 13.2. The Balaban J connectivity index is 1.90. The van der Waals surface area contributed by atoms with Gasteiger partial charge in [0.1, 0.15) is 5.82 Å². The zero-order chi connectivity index (χ0) is 12.3. The Morgan fingerprint density at radius 1 is 1.59 bits per heavy atom. The summed E-state index contributed by atoms with van der Waals surface area (Å²) in [5.74, 6) is 0.185. The Kier molecular flexibility index (Phi) is 4.37. The van der Waals surface area contributed by atoms with E-state index in [1.807, 2.05) is 6.07 Å². The van der Waals surface area contributed by atoms with E-state index in [1.165, 1.54) is 6.07 Å². The summed E-state index contributed by atoms with van der Waals surface area (Å²) in [4.78, 5) is 0. The van der Waals surface area contributed by atoms with Crippen molar-refractivity contribution in [1.29, 1.82) is 0 Å². The Bertz CT molecular complexity index is 380. The van der Waals surface area contributed by atoms with Crippen LogP contribution in [0.15, 0.2) is 18.2 Å². The van der Waals surface area contributed by atoms with Crippen LogP contribution in [0.1, 0.15) is 18.9 Å². The van der Waals surface area contributed by atoms with Crippen molar-refractivity contribution in [3.05, 3.63) is 34.6 Å². The first kappa shape index (κ1) is 12.8. The van der Waals surface area contributed by atoms with Crippen molar-refractivity contribution in [3.63, 3.8) is 0 Å². The average Bonchev–Trinajstić information content (AvgIpc) is 2.84. The molecule has 0 saturated carbocycles. The topological polar surface area (TPSA) is 21.3 Å². The average molecular weight is 258 g/mol. The van der Waals surface area contributed by atoms with Crippen LogP contribution in [0.25, 0.3) is 0 Å². The second-order valence-corrected chi connectivity index (χ2v) is 4.88. The molecule has 0 radical (unpaired) electrons. The van der Waals surface area contributed by atoms with Crippen molar-refractivity contribution in [2.45, 2.75) is 25.9 Å². The van der Waals surface area contributed by atoms with Crippen LogP contribution in [-0.4, -0.2) is 19.3 Å². The van der Waals surface area contributed by atoms with Crippen molar-refractivity contribution in [1.82, 2.24) is 5.32 Å². The fourth-order valence-corrected chi connectivity index (χ4v) is 2.26. The molecule has 1 saturated heterocycles. The number of hydrogen-bond donors (Lipinski definition) is 1. The predicted octanol–water partition coefficient (Wildman–Crippen LogP) is 2.99. The molecule has 1 aliphatic heterocycles. The third-order valence-electron chi connectivity index (χ3n) is 3.32. The summed E-state index contributed by atoms with van der Waals surface area (Å²) in [6.07, 6.45) is 1.09. The standard InChI is InChI=1S/C13H17ClFNO/c1-9(11-5-6-17-8-11)16-7-10-3-2-4-12(15)13(10)14/h2-4,9,11,16H,5-8H2,1H3. The maximum Gasteiger partial charge on any atom is 0.142 e. The largest absolute Gasteiger partial charge is 0.381 e. The molecule has 2 unspecified atom stereocenters. The molecule has 0 aliphatic carbocycles. The van der Waals surface area contributed by atoms with E-state index in [0.717, 1.165) is 25.2 Å². The quantitative estimate of drug-likeness (QED) is 0.895. The molecule has 2 rings (SSSR count). The molecular weight excluding hydrogens is 241 g/mol. The summed E-state index contributed by atoms with van der Waals surface area (Å²) >= 11 is 5.90. The number of halogens is 2. The normalized spacial score (nSPS) is 21.7. The number of nitrogens with one attached hydrogen (secondary N) is 1. The van der Waals surface area contributed by atoms with Crippen LogP contribution < -0.4 is 5.32 Å². The molecule has 2 nitrogen and oxygen atoms in total. The lowest BCUT2D eigenvalue weighted by Crippen LogP contribution is -2.33. The molecule has 2 atom stereocenters. The van der Waals surface area contributed by atoms with Crippen molar-refractivity contribution in [2.24, 2.45) is 5.92 Å². The number of ether oxygens (including phenoxy) is 1. The van der Waals surface area contributed by atoms with Crippen LogP contribution in [0.2, 0.25) is 5.02 Å². The molecule has 1 aromatic carbocycles. The van der Waals surface area contributed by atoms with Gasteiger partial charge in [-0.2, -0.15) is 0 Å². The highest BCUT2D eigenvalue weighted by Gasteiger charge is 2.21. The zero-order valence-electron chi connectivity index (χ0n) is 9.88. The van der Waals surface area contributed by atoms with Crippen LogP contribution >= 0.6 is 11.6 Å². The number of rotatable bonds is 4. The van der Waals surface area contributed by atoms with Gasteiger partial charge < -0.3 is 10.1 Å². The van der Waals surface area contributed by atoms with Gasteiger partial charge in [-0.15, -0.1) is 0 Å². The molecule has 94 valence electrons. The third kappa shape index (κ3) is 3.18.